The van der Waals surface area contributed by atoms with Crippen LogP contribution < -0.4 is 11.1 Å². The Balaban J connectivity index is 1.70. The molecule has 7 nitrogen and oxygen atoms in total. The molecule has 1 aromatic carbocycles. The molecule has 0 bridgehead atoms. The Morgan fingerprint density at radius 3 is 2.83 bits per heavy atom. The summed E-state index contributed by atoms with van der Waals surface area (Å²) in [4.78, 5) is 21.2. The van der Waals surface area contributed by atoms with Gasteiger partial charge in [0.1, 0.15) is 0 Å². The van der Waals surface area contributed by atoms with Gasteiger partial charge < -0.3 is 11.1 Å². The van der Waals surface area contributed by atoms with E-state index in [1.807, 2.05) is 24.3 Å². The van der Waals surface area contributed by atoms with E-state index in [9.17, 15) is 4.79 Å². The van der Waals surface area contributed by atoms with Crippen LogP contribution in [0.1, 0.15) is 22.7 Å². The molecule has 0 aliphatic carbocycles. The predicted molar refractivity (Wildman–Crippen MR) is 90.6 cm³/mol. The summed E-state index contributed by atoms with van der Waals surface area (Å²) in [7, 11) is 0. The molecule has 0 radical (unpaired) electrons. The summed E-state index contributed by atoms with van der Waals surface area (Å²) in [5.74, 6) is 0.0827. The maximum atomic E-state index is 13.0. The van der Waals surface area contributed by atoms with E-state index in [4.69, 9.17) is 5.73 Å². The lowest BCUT2D eigenvalue weighted by molar-refractivity contribution is 0.0859. The maximum Gasteiger partial charge on any atom is 0.257 e. The normalized spacial score (nSPS) is 16.2. The van der Waals surface area contributed by atoms with Crippen LogP contribution in [0.25, 0.3) is 11.4 Å². The van der Waals surface area contributed by atoms with Gasteiger partial charge in [-0.25, -0.2) is 0 Å². The van der Waals surface area contributed by atoms with Gasteiger partial charge >= 0.3 is 0 Å². The van der Waals surface area contributed by atoms with Gasteiger partial charge in [-0.15, -0.1) is 5.10 Å². The third-order valence-electron chi connectivity index (χ3n) is 4.16. The topological polar surface area (TPSA) is 98.7 Å². The molecule has 1 aliphatic heterocycles. The average molecular weight is 320 g/mol. The van der Waals surface area contributed by atoms with E-state index in [1.54, 1.807) is 24.5 Å². The molecule has 0 unspecified atom stereocenters. The molecular weight excluding hydrogens is 304 g/mol. The first kappa shape index (κ1) is 14.4. The van der Waals surface area contributed by atoms with Crippen LogP contribution >= 0.6 is 0 Å². The molecule has 0 saturated heterocycles. The summed E-state index contributed by atoms with van der Waals surface area (Å²) < 4.78 is 1.21. The van der Waals surface area contributed by atoms with Crippen LogP contribution in [0.4, 0.5) is 11.6 Å². The Bertz CT molecular complexity index is 889. The van der Waals surface area contributed by atoms with E-state index >= 15 is 0 Å². The van der Waals surface area contributed by atoms with Gasteiger partial charge in [0, 0.05) is 30.2 Å². The summed E-state index contributed by atoms with van der Waals surface area (Å²) >= 11 is 0. The van der Waals surface area contributed by atoms with E-state index in [-0.39, 0.29) is 17.8 Å². The highest BCUT2D eigenvalue weighted by Crippen LogP contribution is 2.33. The second-order valence-electron chi connectivity index (χ2n) is 5.63. The highest BCUT2D eigenvalue weighted by Gasteiger charge is 2.29. The van der Waals surface area contributed by atoms with E-state index in [2.05, 4.69) is 20.4 Å². The molecule has 2 aromatic heterocycles. The number of rotatable bonds is 2. The van der Waals surface area contributed by atoms with Crippen molar-refractivity contribution in [2.75, 3.05) is 17.6 Å². The van der Waals surface area contributed by atoms with Crippen LogP contribution in [0.5, 0.6) is 0 Å². The average Bonchev–Trinajstić information content (AvgIpc) is 3.03. The van der Waals surface area contributed by atoms with Gasteiger partial charge in [0.25, 0.3) is 5.91 Å². The number of nitrogens with zero attached hydrogens (tertiary/aromatic N) is 4. The van der Waals surface area contributed by atoms with Crippen LogP contribution in [-0.2, 0) is 0 Å². The minimum Gasteiger partial charge on any atom is -0.385 e. The molecule has 4 rings (SSSR count). The van der Waals surface area contributed by atoms with Gasteiger partial charge in [-0.1, -0.05) is 18.2 Å². The lowest BCUT2D eigenvalue weighted by Crippen LogP contribution is -2.28. The number of aromatic nitrogens is 4. The van der Waals surface area contributed by atoms with Crippen molar-refractivity contribution in [1.82, 2.24) is 19.7 Å². The van der Waals surface area contributed by atoms with Crippen molar-refractivity contribution in [2.24, 2.45) is 0 Å². The second kappa shape index (κ2) is 5.77. The quantitative estimate of drug-likeness (QED) is 0.751. The van der Waals surface area contributed by atoms with Crippen LogP contribution in [-0.4, -0.2) is 32.2 Å². The number of carbonyl (C=O) groups excluding carboxylic acids is 1. The number of hydrogen-bond acceptors (Lipinski definition) is 6. The highest BCUT2D eigenvalue weighted by molar-refractivity contribution is 5.89. The third kappa shape index (κ3) is 2.40. The van der Waals surface area contributed by atoms with Gasteiger partial charge in [0.15, 0.2) is 5.82 Å². The highest BCUT2D eigenvalue weighted by atomic mass is 16.2. The van der Waals surface area contributed by atoms with E-state index in [0.717, 1.165) is 23.4 Å². The first-order valence-corrected chi connectivity index (χ1v) is 7.74. The predicted octanol–water partition coefficient (Wildman–Crippen LogP) is 2.16. The summed E-state index contributed by atoms with van der Waals surface area (Å²) in [6, 6.07) is 11.4. The number of para-hydroxylation sites is 1. The van der Waals surface area contributed by atoms with Gasteiger partial charge in [-0.05, 0) is 30.2 Å². The molecule has 0 saturated carbocycles. The SMILES string of the molecule is Nc1nc(-c2ccncc2)nn1C(=O)[C@H]1CCNc2ccccc21. The van der Waals surface area contributed by atoms with Crippen molar-refractivity contribution in [3.63, 3.8) is 0 Å². The van der Waals surface area contributed by atoms with Crippen LogP contribution in [0, 0.1) is 0 Å². The van der Waals surface area contributed by atoms with Crippen molar-refractivity contribution in [1.29, 1.82) is 0 Å². The van der Waals surface area contributed by atoms with Crippen LogP contribution in [0.3, 0.4) is 0 Å². The number of anilines is 2. The number of carbonyl (C=O) groups is 1. The molecule has 0 fully saturated rings. The fourth-order valence-corrected chi connectivity index (χ4v) is 2.98. The number of pyridine rings is 1. The maximum absolute atomic E-state index is 13.0. The fraction of sp³-hybridized carbons (Fsp3) is 0.176. The molecule has 1 aliphatic rings. The second-order valence-corrected chi connectivity index (χ2v) is 5.63. The van der Waals surface area contributed by atoms with Gasteiger partial charge in [0.05, 0.1) is 5.92 Å². The molecule has 1 atom stereocenters. The minimum absolute atomic E-state index is 0.0998. The van der Waals surface area contributed by atoms with Crippen molar-refractivity contribution in [3.8, 4) is 11.4 Å². The summed E-state index contributed by atoms with van der Waals surface area (Å²) in [5, 5.41) is 7.62. The lowest BCUT2D eigenvalue weighted by atomic mass is 9.90. The molecule has 0 spiro atoms. The molecule has 24 heavy (non-hydrogen) atoms. The van der Waals surface area contributed by atoms with Crippen molar-refractivity contribution < 1.29 is 4.79 Å². The smallest absolute Gasteiger partial charge is 0.257 e. The van der Waals surface area contributed by atoms with E-state index in [0.29, 0.717) is 12.2 Å². The number of benzene rings is 1. The number of nitrogens with one attached hydrogen (secondary N) is 1. The number of hydrogen-bond donors (Lipinski definition) is 2. The van der Waals surface area contributed by atoms with Gasteiger partial charge in [-0.2, -0.15) is 9.67 Å². The Morgan fingerprint density at radius 2 is 2.00 bits per heavy atom. The Kier molecular flexibility index (Phi) is 3.45. The Labute approximate surface area is 138 Å². The first-order valence-electron chi connectivity index (χ1n) is 7.74. The number of nitrogen functional groups attached to an aromatic ring is 1. The van der Waals surface area contributed by atoms with E-state index < -0.39 is 0 Å². The lowest BCUT2D eigenvalue weighted by Gasteiger charge is -2.25. The Morgan fingerprint density at radius 1 is 1.21 bits per heavy atom. The molecule has 0 amide bonds. The van der Waals surface area contributed by atoms with Crippen molar-refractivity contribution in [3.05, 3.63) is 54.4 Å². The summed E-state index contributed by atoms with van der Waals surface area (Å²) in [5.41, 5.74) is 8.66. The van der Waals surface area contributed by atoms with E-state index in [1.165, 1.54) is 4.68 Å². The minimum atomic E-state index is -0.281. The largest absolute Gasteiger partial charge is 0.385 e. The number of fused-ring (bicyclic) bond motifs is 1. The monoisotopic (exact) mass is 320 g/mol. The standard InChI is InChI=1S/C17H16N6O/c18-17-21-15(11-5-8-19-9-6-11)22-23(17)16(24)13-7-10-20-14-4-2-1-3-12(13)14/h1-6,8-9,13,20H,7,10H2,(H2,18,21,22)/t13-/m0/s1. The summed E-state index contributed by atoms with van der Waals surface area (Å²) in [6.45, 7) is 0.735. The molecule has 3 heterocycles. The van der Waals surface area contributed by atoms with Crippen molar-refractivity contribution in [2.45, 2.75) is 12.3 Å². The number of nitrogens with two attached hydrogens (primary N) is 1. The molecule has 120 valence electrons. The molecule has 3 N–H and O–H groups in total. The van der Waals surface area contributed by atoms with Crippen LogP contribution in [0.15, 0.2) is 48.8 Å². The molecule has 3 aromatic rings. The molecule has 7 heteroatoms. The fourth-order valence-electron chi connectivity index (χ4n) is 2.98. The first-order chi connectivity index (χ1) is 11.7. The van der Waals surface area contributed by atoms with Crippen LogP contribution in [0.2, 0.25) is 0 Å². The zero-order valence-electron chi connectivity index (χ0n) is 12.9. The molecular formula is C17H16N6O. The zero-order valence-corrected chi connectivity index (χ0v) is 12.9. The van der Waals surface area contributed by atoms with Gasteiger partial charge in [-0.3, -0.25) is 9.78 Å². The van der Waals surface area contributed by atoms with Gasteiger partial charge in [0.2, 0.25) is 5.95 Å². The summed E-state index contributed by atoms with van der Waals surface area (Å²) in [6.07, 6.45) is 3.99. The third-order valence-corrected chi connectivity index (χ3v) is 4.16. The van der Waals surface area contributed by atoms with Crippen molar-refractivity contribution >= 4 is 17.5 Å². The Hall–Kier alpha value is -3.22. The zero-order chi connectivity index (χ0) is 16.5.